The van der Waals surface area contributed by atoms with Gasteiger partial charge in [-0.1, -0.05) is 114 Å². The molecular formula is C42H32IrN2O-2. The predicted octanol–water partition coefficient (Wildman–Crippen LogP) is 11.0. The van der Waals surface area contributed by atoms with Crippen LogP contribution in [0, 0.1) is 39.5 Å². The second kappa shape index (κ2) is 13.2. The molecule has 0 fully saturated rings. The van der Waals surface area contributed by atoms with Crippen molar-refractivity contribution in [1.82, 2.24) is 9.97 Å². The van der Waals surface area contributed by atoms with E-state index in [1.165, 1.54) is 24.4 Å². The van der Waals surface area contributed by atoms with Gasteiger partial charge in [-0.2, -0.15) is 0 Å². The SMILES string of the molecule is [2H]C([2H])([2H])c1ccc(-c2[c-]cc(C([2H])([2H])[2H])c(-c3ccccc3)c2)nc1.[2H]C([2H])([2H])c1cnc(-c2[c-]ccc3c2oc2c4ccccc4ccc32)cc1C([2H])([2H])[2H].[Ir]. The number of aromatic nitrogens is 2. The molecule has 8 aromatic rings. The van der Waals surface area contributed by atoms with Crippen molar-refractivity contribution >= 4 is 32.7 Å². The van der Waals surface area contributed by atoms with E-state index < -0.39 is 27.4 Å². The summed E-state index contributed by atoms with van der Waals surface area (Å²) in [7, 11) is 0. The predicted molar refractivity (Wildman–Crippen MR) is 186 cm³/mol. The van der Waals surface area contributed by atoms with Crippen molar-refractivity contribution in [3.05, 3.63) is 156 Å². The number of rotatable bonds is 3. The van der Waals surface area contributed by atoms with Crippen LogP contribution in [0.5, 0.6) is 0 Å². The van der Waals surface area contributed by atoms with Gasteiger partial charge in [0.25, 0.3) is 0 Å². The summed E-state index contributed by atoms with van der Waals surface area (Å²) in [5.41, 5.74) is 4.39. The standard InChI is InChI=1S/C23H16NO.C19H16N.Ir/c1-14-12-21(24-13-15(14)2)20-9-5-8-18-19-11-10-16-6-3-4-7-17(16)22(19)25-23(18)20;1-14-8-11-19(20-13-14)17-10-9-15(2)18(12-17)16-6-4-3-5-7-16;/h3-8,10-13H,1-2H3;3-9,11-13H,1-2H3;/q2*-1;/i2*1D3,2D3;. The van der Waals surface area contributed by atoms with E-state index in [1.807, 2.05) is 72.8 Å². The molecule has 227 valence electrons. The molecule has 3 nitrogen and oxygen atoms in total. The summed E-state index contributed by atoms with van der Waals surface area (Å²) in [6.45, 7) is -9.66. The van der Waals surface area contributed by atoms with Gasteiger partial charge in [0.05, 0.1) is 5.58 Å². The molecule has 0 aliphatic rings. The normalized spacial score (nSPS) is 15.8. The number of pyridine rings is 2. The van der Waals surface area contributed by atoms with E-state index in [9.17, 15) is 0 Å². The molecular weight excluding hydrogens is 741 g/mol. The van der Waals surface area contributed by atoms with Crippen LogP contribution in [0.4, 0.5) is 0 Å². The first kappa shape index (κ1) is 19.6. The Kier molecular flexibility index (Phi) is 5.63. The Morgan fingerprint density at radius 1 is 0.630 bits per heavy atom. The van der Waals surface area contributed by atoms with Crippen LogP contribution in [-0.4, -0.2) is 9.97 Å². The Bertz CT molecular complexity index is 2740. The third-order valence-corrected chi connectivity index (χ3v) is 7.56. The number of hydrogen-bond donors (Lipinski definition) is 0. The molecule has 0 saturated carbocycles. The van der Waals surface area contributed by atoms with Gasteiger partial charge in [-0.3, -0.25) is 0 Å². The van der Waals surface area contributed by atoms with E-state index in [0.717, 1.165) is 38.9 Å². The van der Waals surface area contributed by atoms with Gasteiger partial charge in [-0.15, -0.1) is 47.5 Å². The van der Waals surface area contributed by atoms with Crippen LogP contribution in [-0.2, 0) is 20.1 Å². The van der Waals surface area contributed by atoms with Gasteiger partial charge in [0, 0.05) is 59.7 Å². The molecule has 0 unspecified atom stereocenters. The molecule has 3 aromatic heterocycles. The molecule has 1 radical (unpaired) electrons. The van der Waals surface area contributed by atoms with Crippen LogP contribution < -0.4 is 0 Å². The molecule has 5 aromatic carbocycles. The molecule has 0 amide bonds. The fourth-order valence-electron chi connectivity index (χ4n) is 5.30. The molecule has 0 atom stereocenters. The third kappa shape index (κ3) is 6.02. The van der Waals surface area contributed by atoms with Crippen molar-refractivity contribution < 1.29 is 41.0 Å². The second-order valence-electron chi connectivity index (χ2n) is 10.4. The molecule has 8 rings (SSSR count). The molecule has 3 heterocycles. The first-order valence-corrected chi connectivity index (χ1v) is 14.2. The zero-order valence-electron chi connectivity index (χ0n) is 36.2. The minimum atomic E-state index is -2.60. The Balaban J connectivity index is 0.000000195. The summed E-state index contributed by atoms with van der Waals surface area (Å²) in [5.74, 6) is 0. The van der Waals surface area contributed by atoms with Crippen molar-refractivity contribution in [2.75, 3.05) is 0 Å². The van der Waals surface area contributed by atoms with Crippen LogP contribution in [0.3, 0.4) is 0 Å². The molecule has 0 N–H and O–H groups in total. The van der Waals surface area contributed by atoms with Crippen molar-refractivity contribution in [1.29, 1.82) is 0 Å². The summed E-state index contributed by atoms with van der Waals surface area (Å²) >= 11 is 0. The number of hydrogen-bond acceptors (Lipinski definition) is 3. The van der Waals surface area contributed by atoms with Gasteiger partial charge in [-0.25, -0.2) is 0 Å². The molecule has 4 heteroatoms. The monoisotopic (exact) mass is 785 g/mol. The number of furan rings is 1. The fraction of sp³-hybridized carbons (Fsp3) is 0.0952. The molecule has 0 aliphatic carbocycles. The van der Waals surface area contributed by atoms with Gasteiger partial charge in [0.15, 0.2) is 0 Å². The molecule has 0 aliphatic heterocycles. The summed E-state index contributed by atoms with van der Waals surface area (Å²) in [5, 5.41) is 3.80. The van der Waals surface area contributed by atoms with E-state index in [-0.39, 0.29) is 42.4 Å². The number of benzene rings is 5. The molecule has 0 bridgehead atoms. The summed E-state index contributed by atoms with van der Waals surface area (Å²) in [4.78, 5) is 8.48. The van der Waals surface area contributed by atoms with Gasteiger partial charge in [0.1, 0.15) is 5.58 Å². The smallest absolute Gasteiger partial charge is 0.128 e. The van der Waals surface area contributed by atoms with Crippen LogP contribution in [0.1, 0.15) is 38.7 Å². The van der Waals surface area contributed by atoms with Crippen LogP contribution in [0.25, 0.3) is 66.4 Å². The average molecular weight is 785 g/mol. The zero-order chi connectivity index (χ0) is 40.9. The summed E-state index contributed by atoms with van der Waals surface area (Å²) < 4.78 is 98.3. The molecule has 0 saturated heterocycles. The zero-order valence-corrected chi connectivity index (χ0v) is 26.6. The Labute approximate surface area is 300 Å². The Morgan fingerprint density at radius 3 is 2.24 bits per heavy atom. The Hall–Kier alpha value is -4.89. The fourth-order valence-corrected chi connectivity index (χ4v) is 5.30. The second-order valence-corrected chi connectivity index (χ2v) is 10.4. The maximum Gasteiger partial charge on any atom is 0.128 e. The molecule has 46 heavy (non-hydrogen) atoms. The van der Waals surface area contributed by atoms with Gasteiger partial charge < -0.3 is 14.4 Å². The van der Waals surface area contributed by atoms with Crippen LogP contribution in [0.2, 0.25) is 0 Å². The van der Waals surface area contributed by atoms with Crippen molar-refractivity contribution in [2.24, 2.45) is 0 Å². The van der Waals surface area contributed by atoms with E-state index in [4.69, 9.17) is 20.9 Å². The van der Waals surface area contributed by atoms with Crippen molar-refractivity contribution in [3.63, 3.8) is 0 Å². The molecule has 0 spiro atoms. The van der Waals surface area contributed by atoms with E-state index in [1.54, 1.807) is 18.2 Å². The van der Waals surface area contributed by atoms with Crippen molar-refractivity contribution in [2.45, 2.75) is 27.4 Å². The average Bonchev–Trinajstić information content (AvgIpc) is 3.56. The number of fused-ring (bicyclic) bond motifs is 5. The first-order chi connectivity index (χ1) is 26.8. The van der Waals surface area contributed by atoms with Crippen molar-refractivity contribution in [3.8, 4) is 33.6 Å². The summed E-state index contributed by atoms with van der Waals surface area (Å²) in [6.07, 6.45) is 2.44. The maximum absolute atomic E-state index is 7.82. The van der Waals surface area contributed by atoms with E-state index in [0.29, 0.717) is 33.7 Å². The minimum Gasteiger partial charge on any atom is -0.500 e. The third-order valence-electron chi connectivity index (χ3n) is 7.56. The minimum absolute atomic E-state index is 0. The topological polar surface area (TPSA) is 38.9 Å². The van der Waals surface area contributed by atoms with Gasteiger partial charge >= 0.3 is 0 Å². The van der Waals surface area contributed by atoms with Gasteiger partial charge in [-0.05, 0) is 54.0 Å². The Morgan fingerprint density at radius 2 is 1.43 bits per heavy atom. The first-order valence-electron chi connectivity index (χ1n) is 20.2. The van der Waals surface area contributed by atoms with Crippen LogP contribution >= 0.6 is 0 Å². The van der Waals surface area contributed by atoms with Crippen LogP contribution in [0.15, 0.2) is 126 Å². The number of nitrogens with zero attached hydrogens (tertiary/aromatic N) is 2. The largest absolute Gasteiger partial charge is 0.500 e. The van der Waals surface area contributed by atoms with E-state index in [2.05, 4.69) is 22.1 Å². The number of aryl methyl sites for hydroxylation is 4. The summed E-state index contributed by atoms with van der Waals surface area (Å²) in [6, 6.07) is 38.5. The maximum atomic E-state index is 7.82. The quantitative estimate of drug-likeness (QED) is 0.168. The van der Waals surface area contributed by atoms with E-state index >= 15 is 0 Å². The van der Waals surface area contributed by atoms with Gasteiger partial charge in [0.2, 0.25) is 0 Å².